The molecule has 0 bridgehead atoms. The number of ether oxygens (including phenoxy) is 2. The van der Waals surface area contributed by atoms with Gasteiger partial charge in [0.15, 0.2) is 16.6 Å². The van der Waals surface area contributed by atoms with Crippen LogP contribution in [0.5, 0.6) is 11.5 Å². The Morgan fingerprint density at radius 1 is 1.35 bits per heavy atom. The molecule has 2 N–H and O–H groups in total. The van der Waals surface area contributed by atoms with Crippen LogP contribution in [-0.2, 0) is 0 Å². The molecule has 4 nitrogen and oxygen atoms in total. The number of thiocarbonyl (C=S) groups is 1. The zero-order valence-corrected chi connectivity index (χ0v) is 10.2. The fourth-order valence-corrected chi connectivity index (χ4v) is 1.66. The van der Waals surface area contributed by atoms with Gasteiger partial charge in [-0.3, -0.25) is 0 Å². The van der Waals surface area contributed by atoms with Crippen molar-refractivity contribution in [2.45, 2.75) is 0 Å². The summed E-state index contributed by atoms with van der Waals surface area (Å²) in [5.74, 6) is 1.51. The van der Waals surface area contributed by atoms with Crippen molar-refractivity contribution >= 4 is 23.0 Å². The number of fused-ring (bicyclic) bond motifs is 1. The second-order valence-electron chi connectivity index (χ2n) is 3.48. The molecule has 0 amide bonds. The molecule has 1 heterocycles. The zero-order chi connectivity index (χ0) is 12.1. The van der Waals surface area contributed by atoms with Crippen LogP contribution in [0.15, 0.2) is 30.9 Å². The molecule has 0 aromatic heterocycles. The Bertz CT molecular complexity index is 435. The van der Waals surface area contributed by atoms with Crippen LogP contribution >= 0.6 is 12.2 Å². The van der Waals surface area contributed by atoms with Gasteiger partial charge in [-0.15, -0.1) is 6.58 Å². The second kappa shape index (κ2) is 5.54. The maximum absolute atomic E-state index is 5.48. The van der Waals surface area contributed by atoms with Gasteiger partial charge in [0.2, 0.25) is 0 Å². The van der Waals surface area contributed by atoms with Crippen molar-refractivity contribution < 1.29 is 9.47 Å². The summed E-state index contributed by atoms with van der Waals surface area (Å²) in [4.78, 5) is 0. The first kappa shape index (κ1) is 11.7. The molecule has 0 aliphatic carbocycles. The van der Waals surface area contributed by atoms with Crippen molar-refractivity contribution in [3.63, 3.8) is 0 Å². The SMILES string of the molecule is C=CCNC(=S)Nc1ccc2c(c1)OCCO2. The number of hydrogen-bond acceptors (Lipinski definition) is 3. The maximum atomic E-state index is 5.48. The van der Waals surface area contributed by atoms with Gasteiger partial charge in [0.1, 0.15) is 13.2 Å². The van der Waals surface area contributed by atoms with Crippen LogP contribution < -0.4 is 20.1 Å². The lowest BCUT2D eigenvalue weighted by Crippen LogP contribution is -2.28. The molecule has 1 aromatic rings. The molecule has 0 saturated carbocycles. The molecular weight excluding hydrogens is 236 g/mol. The molecular formula is C12H14N2O2S. The molecule has 0 spiro atoms. The lowest BCUT2D eigenvalue weighted by Gasteiger charge is -2.19. The summed E-state index contributed by atoms with van der Waals surface area (Å²) in [5, 5.41) is 6.61. The summed E-state index contributed by atoms with van der Waals surface area (Å²) in [6.45, 7) is 5.42. The van der Waals surface area contributed by atoms with Crippen molar-refractivity contribution in [2.24, 2.45) is 0 Å². The van der Waals surface area contributed by atoms with E-state index < -0.39 is 0 Å². The van der Waals surface area contributed by atoms with Crippen LogP contribution in [0.1, 0.15) is 0 Å². The Balaban J connectivity index is 2.01. The van der Waals surface area contributed by atoms with E-state index in [1.165, 1.54) is 0 Å². The average Bonchev–Trinajstić information content (AvgIpc) is 2.36. The molecule has 0 atom stereocenters. The van der Waals surface area contributed by atoms with Gasteiger partial charge in [-0.2, -0.15) is 0 Å². The van der Waals surface area contributed by atoms with Gasteiger partial charge in [-0.05, 0) is 24.4 Å². The van der Waals surface area contributed by atoms with Gasteiger partial charge in [0.25, 0.3) is 0 Å². The molecule has 0 fully saturated rings. The standard InChI is InChI=1S/C12H14N2O2S/c1-2-5-13-12(17)14-9-3-4-10-11(8-9)16-7-6-15-10/h2-4,8H,1,5-7H2,(H2,13,14,17). The quantitative estimate of drug-likeness (QED) is 0.634. The highest BCUT2D eigenvalue weighted by Gasteiger charge is 2.11. The van der Waals surface area contributed by atoms with Crippen molar-refractivity contribution in [3.05, 3.63) is 30.9 Å². The van der Waals surface area contributed by atoms with E-state index in [9.17, 15) is 0 Å². The zero-order valence-electron chi connectivity index (χ0n) is 9.36. The molecule has 90 valence electrons. The third-order valence-corrected chi connectivity index (χ3v) is 2.45. The molecule has 0 unspecified atom stereocenters. The highest BCUT2D eigenvalue weighted by molar-refractivity contribution is 7.80. The number of nitrogens with one attached hydrogen (secondary N) is 2. The van der Waals surface area contributed by atoms with Gasteiger partial charge >= 0.3 is 0 Å². The minimum atomic E-state index is 0.557. The van der Waals surface area contributed by atoms with Crippen molar-refractivity contribution in [1.82, 2.24) is 5.32 Å². The predicted molar refractivity (Wildman–Crippen MR) is 71.9 cm³/mol. The molecule has 1 aliphatic rings. The number of rotatable bonds is 3. The van der Waals surface area contributed by atoms with E-state index >= 15 is 0 Å². The summed E-state index contributed by atoms with van der Waals surface area (Å²) in [6.07, 6.45) is 1.75. The highest BCUT2D eigenvalue weighted by atomic mass is 32.1. The van der Waals surface area contributed by atoms with Crippen LogP contribution in [0.4, 0.5) is 5.69 Å². The molecule has 0 radical (unpaired) electrons. The highest BCUT2D eigenvalue weighted by Crippen LogP contribution is 2.32. The second-order valence-corrected chi connectivity index (χ2v) is 3.89. The summed E-state index contributed by atoms with van der Waals surface area (Å²) < 4.78 is 10.9. The van der Waals surface area contributed by atoms with Crippen molar-refractivity contribution in [3.8, 4) is 11.5 Å². The summed E-state index contributed by atoms with van der Waals surface area (Å²) >= 11 is 5.11. The lowest BCUT2D eigenvalue weighted by molar-refractivity contribution is 0.171. The van der Waals surface area contributed by atoms with Crippen LogP contribution in [0.2, 0.25) is 0 Å². The summed E-state index contributed by atoms with van der Waals surface area (Å²) in [5.41, 5.74) is 0.871. The van der Waals surface area contributed by atoms with Gasteiger partial charge in [0, 0.05) is 18.3 Å². The third kappa shape index (κ3) is 3.10. The molecule has 2 rings (SSSR count). The number of benzene rings is 1. The molecule has 1 aromatic carbocycles. The maximum Gasteiger partial charge on any atom is 0.171 e. The first-order valence-corrected chi connectivity index (χ1v) is 5.76. The van der Waals surface area contributed by atoms with Crippen LogP contribution in [-0.4, -0.2) is 24.9 Å². The first-order chi connectivity index (χ1) is 8.29. The number of hydrogen-bond donors (Lipinski definition) is 2. The van der Waals surface area contributed by atoms with Crippen molar-refractivity contribution in [1.29, 1.82) is 0 Å². The smallest absolute Gasteiger partial charge is 0.171 e. The lowest BCUT2D eigenvalue weighted by atomic mass is 10.2. The van der Waals surface area contributed by atoms with Gasteiger partial charge in [-0.1, -0.05) is 6.08 Å². The Kier molecular flexibility index (Phi) is 3.82. The van der Waals surface area contributed by atoms with E-state index in [0.717, 1.165) is 17.2 Å². The molecule has 5 heteroatoms. The van der Waals surface area contributed by atoms with Gasteiger partial charge < -0.3 is 20.1 Å². The van der Waals surface area contributed by atoms with Crippen LogP contribution in [0.3, 0.4) is 0 Å². The first-order valence-electron chi connectivity index (χ1n) is 5.35. The van der Waals surface area contributed by atoms with Gasteiger partial charge in [0.05, 0.1) is 0 Å². The minimum absolute atomic E-state index is 0.557. The minimum Gasteiger partial charge on any atom is -0.486 e. The normalized spacial score (nSPS) is 12.7. The van der Waals surface area contributed by atoms with Gasteiger partial charge in [-0.25, -0.2) is 0 Å². The Morgan fingerprint density at radius 3 is 2.88 bits per heavy atom. The Labute approximate surface area is 106 Å². The van der Waals surface area contributed by atoms with E-state index in [2.05, 4.69) is 17.2 Å². The van der Waals surface area contributed by atoms with Crippen molar-refractivity contribution in [2.75, 3.05) is 25.1 Å². The monoisotopic (exact) mass is 250 g/mol. The van der Waals surface area contributed by atoms with E-state index in [-0.39, 0.29) is 0 Å². The van der Waals surface area contributed by atoms with E-state index in [1.807, 2.05) is 18.2 Å². The van der Waals surface area contributed by atoms with E-state index in [4.69, 9.17) is 21.7 Å². The third-order valence-electron chi connectivity index (χ3n) is 2.21. The van der Waals surface area contributed by atoms with Crippen LogP contribution in [0, 0.1) is 0 Å². The largest absolute Gasteiger partial charge is 0.486 e. The topological polar surface area (TPSA) is 42.5 Å². The Morgan fingerprint density at radius 2 is 2.12 bits per heavy atom. The Hall–Kier alpha value is -1.75. The fraction of sp³-hybridized carbons (Fsp3) is 0.250. The number of anilines is 1. The fourth-order valence-electron chi connectivity index (χ4n) is 1.46. The van der Waals surface area contributed by atoms with Crippen LogP contribution in [0.25, 0.3) is 0 Å². The molecule has 1 aliphatic heterocycles. The summed E-state index contributed by atoms with van der Waals surface area (Å²) in [6, 6.07) is 5.64. The molecule has 17 heavy (non-hydrogen) atoms. The predicted octanol–water partition coefficient (Wildman–Crippen LogP) is 1.93. The van der Waals surface area contributed by atoms with E-state index in [0.29, 0.717) is 24.9 Å². The molecule has 0 saturated heterocycles. The summed E-state index contributed by atoms with van der Waals surface area (Å²) in [7, 11) is 0. The average molecular weight is 250 g/mol. The van der Waals surface area contributed by atoms with E-state index in [1.54, 1.807) is 6.08 Å².